The quantitative estimate of drug-likeness (QED) is 0.192. The van der Waals surface area contributed by atoms with Gasteiger partial charge in [0.1, 0.15) is 0 Å². The molecular formula is C22H19N3O7. The standard InChI is InChI=1S/C22H19N3O7/c1-13(21(27)16-12-23-17-6-3-2-5-15(16)17)31-20(26)7-4-10-24-18-9-8-14(25(29)30)11-19(18)32-22(24)28/h2-3,5-6,8-9,11-13,23H,4,7,10H2,1H3. The second-order valence-corrected chi connectivity index (χ2v) is 7.28. The summed E-state index contributed by atoms with van der Waals surface area (Å²) in [4.78, 5) is 50.3. The van der Waals surface area contributed by atoms with Crippen molar-refractivity contribution in [3.05, 3.63) is 74.9 Å². The molecule has 0 spiro atoms. The molecule has 0 fully saturated rings. The Morgan fingerprint density at radius 1 is 1.25 bits per heavy atom. The van der Waals surface area contributed by atoms with E-state index in [2.05, 4.69) is 4.98 Å². The van der Waals surface area contributed by atoms with Gasteiger partial charge in [0, 0.05) is 41.7 Å². The molecular weight excluding hydrogens is 418 g/mol. The molecule has 10 heteroatoms. The van der Waals surface area contributed by atoms with E-state index in [1.54, 1.807) is 6.20 Å². The normalized spacial score (nSPS) is 12.2. The van der Waals surface area contributed by atoms with Gasteiger partial charge in [-0.25, -0.2) is 4.79 Å². The first kappa shape index (κ1) is 21.0. The summed E-state index contributed by atoms with van der Waals surface area (Å²) in [7, 11) is 0. The summed E-state index contributed by atoms with van der Waals surface area (Å²) >= 11 is 0. The number of aromatic nitrogens is 2. The number of esters is 1. The first-order chi connectivity index (χ1) is 15.3. The van der Waals surface area contributed by atoms with Crippen LogP contribution in [0.1, 0.15) is 30.1 Å². The fraction of sp³-hybridized carbons (Fsp3) is 0.227. The van der Waals surface area contributed by atoms with Crippen LogP contribution >= 0.6 is 0 Å². The number of aromatic amines is 1. The van der Waals surface area contributed by atoms with E-state index in [-0.39, 0.29) is 36.4 Å². The largest absolute Gasteiger partial charge is 0.454 e. The lowest BCUT2D eigenvalue weighted by molar-refractivity contribution is -0.384. The number of nitrogens with zero attached hydrogens (tertiary/aromatic N) is 2. The van der Waals surface area contributed by atoms with Gasteiger partial charge in [-0.15, -0.1) is 0 Å². The molecule has 1 unspecified atom stereocenters. The third-order valence-corrected chi connectivity index (χ3v) is 5.16. The number of aryl methyl sites for hydroxylation is 1. The molecule has 0 aliphatic heterocycles. The second kappa shape index (κ2) is 8.50. The number of oxazole rings is 1. The minimum atomic E-state index is -0.959. The highest BCUT2D eigenvalue weighted by molar-refractivity contribution is 6.10. The van der Waals surface area contributed by atoms with Crippen LogP contribution in [0.3, 0.4) is 0 Å². The number of carbonyl (C=O) groups is 2. The Bertz CT molecular complexity index is 1400. The van der Waals surface area contributed by atoms with Gasteiger partial charge in [0.15, 0.2) is 11.7 Å². The number of ether oxygens (including phenoxy) is 1. The zero-order valence-corrected chi connectivity index (χ0v) is 17.1. The first-order valence-electron chi connectivity index (χ1n) is 9.92. The Morgan fingerprint density at radius 3 is 2.81 bits per heavy atom. The lowest BCUT2D eigenvalue weighted by Gasteiger charge is -2.12. The maximum Gasteiger partial charge on any atom is 0.419 e. The van der Waals surface area contributed by atoms with Crippen LogP contribution in [-0.4, -0.2) is 32.3 Å². The summed E-state index contributed by atoms with van der Waals surface area (Å²) in [5.74, 6) is -1.55. The highest BCUT2D eigenvalue weighted by Gasteiger charge is 2.22. The monoisotopic (exact) mass is 437 g/mol. The van der Waals surface area contributed by atoms with E-state index in [1.165, 1.54) is 29.7 Å². The smallest absolute Gasteiger partial charge is 0.419 e. The number of H-pyrrole nitrogens is 1. The average molecular weight is 437 g/mol. The number of Topliss-reactive ketones (excluding diaryl/α,β-unsaturated/α-hetero) is 1. The summed E-state index contributed by atoms with van der Waals surface area (Å²) in [6.07, 6.45) is 0.883. The van der Waals surface area contributed by atoms with E-state index in [0.717, 1.165) is 10.9 Å². The van der Waals surface area contributed by atoms with Crippen molar-refractivity contribution >= 4 is 39.4 Å². The molecule has 2 heterocycles. The maximum absolute atomic E-state index is 12.7. The van der Waals surface area contributed by atoms with E-state index in [9.17, 15) is 24.5 Å². The molecule has 10 nitrogen and oxygen atoms in total. The van der Waals surface area contributed by atoms with E-state index in [4.69, 9.17) is 9.15 Å². The van der Waals surface area contributed by atoms with Crippen molar-refractivity contribution in [1.82, 2.24) is 9.55 Å². The summed E-state index contributed by atoms with van der Waals surface area (Å²) in [5.41, 5.74) is 1.58. The van der Waals surface area contributed by atoms with Crippen molar-refractivity contribution in [3.63, 3.8) is 0 Å². The van der Waals surface area contributed by atoms with E-state index >= 15 is 0 Å². The number of fused-ring (bicyclic) bond motifs is 2. The molecule has 2 aromatic carbocycles. The summed E-state index contributed by atoms with van der Waals surface area (Å²) in [6, 6.07) is 11.2. The van der Waals surface area contributed by atoms with Gasteiger partial charge >= 0.3 is 11.7 Å². The molecule has 4 rings (SSSR count). The zero-order chi connectivity index (χ0) is 22.8. The van der Waals surface area contributed by atoms with Crippen LogP contribution in [0.4, 0.5) is 5.69 Å². The van der Waals surface area contributed by atoms with Crippen molar-refractivity contribution in [2.45, 2.75) is 32.4 Å². The van der Waals surface area contributed by atoms with Gasteiger partial charge in [0.2, 0.25) is 5.78 Å². The van der Waals surface area contributed by atoms with Crippen LogP contribution < -0.4 is 5.76 Å². The lowest BCUT2D eigenvalue weighted by Crippen LogP contribution is -2.24. The maximum atomic E-state index is 12.7. The van der Waals surface area contributed by atoms with Crippen molar-refractivity contribution < 1.29 is 23.7 Å². The van der Waals surface area contributed by atoms with Crippen LogP contribution in [-0.2, 0) is 16.1 Å². The van der Waals surface area contributed by atoms with Gasteiger partial charge in [0.25, 0.3) is 5.69 Å². The van der Waals surface area contributed by atoms with Crippen LogP contribution in [0.25, 0.3) is 22.0 Å². The summed E-state index contributed by atoms with van der Waals surface area (Å²) < 4.78 is 11.6. The number of benzene rings is 2. The van der Waals surface area contributed by atoms with Crippen molar-refractivity contribution in [3.8, 4) is 0 Å². The number of hydrogen-bond acceptors (Lipinski definition) is 7. The number of nitrogens with one attached hydrogen (secondary N) is 1. The molecule has 4 aromatic rings. The fourth-order valence-corrected chi connectivity index (χ4v) is 3.57. The molecule has 1 atom stereocenters. The van der Waals surface area contributed by atoms with Crippen LogP contribution in [0.5, 0.6) is 0 Å². The number of ketones is 1. The van der Waals surface area contributed by atoms with Crippen LogP contribution in [0.2, 0.25) is 0 Å². The fourth-order valence-electron chi connectivity index (χ4n) is 3.57. The highest BCUT2D eigenvalue weighted by Crippen LogP contribution is 2.21. The van der Waals surface area contributed by atoms with Gasteiger partial charge in [0.05, 0.1) is 16.5 Å². The van der Waals surface area contributed by atoms with Crippen molar-refractivity contribution in [2.75, 3.05) is 0 Å². The average Bonchev–Trinajstić information content (AvgIpc) is 3.33. The summed E-state index contributed by atoms with van der Waals surface area (Å²) in [5, 5.41) is 11.6. The Morgan fingerprint density at radius 2 is 2.03 bits per heavy atom. The van der Waals surface area contributed by atoms with Gasteiger partial charge in [-0.1, -0.05) is 18.2 Å². The molecule has 32 heavy (non-hydrogen) atoms. The highest BCUT2D eigenvalue weighted by atomic mass is 16.6. The lowest BCUT2D eigenvalue weighted by atomic mass is 10.1. The first-order valence-corrected chi connectivity index (χ1v) is 9.92. The molecule has 0 bridgehead atoms. The number of hydrogen-bond donors (Lipinski definition) is 1. The van der Waals surface area contributed by atoms with E-state index < -0.39 is 22.8 Å². The number of para-hydroxylation sites is 1. The van der Waals surface area contributed by atoms with E-state index in [1.807, 2.05) is 24.3 Å². The van der Waals surface area contributed by atoms with Gasteiger partial charge in [-0.3, -0.25) is 24.3 Å². The number of non-ortho nitro benzene ring substituents is 1. The van der Waals surface area contributed by atoms with Gasteiger partial charge in [-0.05, 0) is 25.5 Å². The number of rotatable bonds is 8. The SMILES string of the molecule is CC(OC(=O)CCCn1c(=O)oc2cc([N+](=O)[O-])ccc21)C(=O)c1c[nH]c2ccccc12. The molecule has 164 valence electrons. The molecule has 0 amide bonds. The third kappa shape index (κ3) is 4.02. The Labute approximate surface area is 180 Å². The zero-order valence-electron chi connectivity index (χ0n) is 17.1. The molecule has 0 saturated heterocycles. The van der Waals surface area contributed by atoms with Crippen molar-refractivity contribution in [2.24, 2.45) is 0 Å². The summed E-state index contributed by atoms with van der Waals surface area (Å²) in [6.45, 7) is 1.67. The van der Waals surface area contributed by atoms with Crippen LogP contribution in [0, 0.1) is 10.1 Å². The van der Waals surface area contributed by atoms with Crippen LogP contribution in [0.15, 0.2) is 57.9 Å². The minimum Gasteiger partial charge on any atom is -0.454 e. The minimum absolute atomic E-state index is 0.0163. The predicted molar refractivity (Wildman–Crippen MR) is 115 cm³/mol. The van der Waals surface area contributed by atoms with Gasteiger partial charge < -0.3 is 14.1 Å². The number of carbonyl (C=O) groups excluding carboxylic acids is 2. The third-order valence-electron chi connectivity index (χ3n) is 5.16. The molecule has 0 aliphatic carbocycles. The predicted octanol–water partition coefficient (Wildman–Crippen LogP) is 3.58. The number of nitro benzene ring substituents is 1. The Hall–Kier alpha value is -4.21. The van der Waals surface area contributed by atoms with Crippen molar-refractivity contribution in [1.29, 1.82) is 0 Å². The molecule has 0 saturated carbocycles. The Kier molecular flexibility index (Phi) is 5.59. The second-order valence-electron chi connectivity index (χ2n) is 7.28. The number of nitro groups is 1. The Balaban J connectivity index is 1.36. The molecule has 2 aromatic heterocycles. The van der Waals surface area contributed by atoms with E-state index in [0.29, 0.717) is 11.1 Å². The van der Waals surface area contributed by atoms with Gasteiger partial charge in [-0.2, -0.15) is 0 Å². The molecule has 1 N–H and O–H groups in total. The topological polar surface area (TPSA) is 137 Å². The molecule has 0 aliphatic rings. The molecule has 0 radical (unpaired) electrons.